The molecule has 2 N–H and O–H groups in total. The molecular weight excluding hydrogens is 247 g/mol. The van der Waals surface area contributed by atoms with Crippen molar-refractivity contribution in [3.63, 3.8) is 0 Å². The van der Waals surface area contributed by atoms with E-state index in [1.165, 1.54) is 34.7 Å². The highest BCUT2D eigenvalue weighted by Gasteiger charge is 2.26. The lowest BCUT2D eigenvalue weighted by atomic mass is 9.97. The highest BCUT2D eigenvalue weighted by atomic mass is 27.0. The van der Waals surface area contributed by atoms with Gasteiger partial charge in [0, 0.05) is 34.6 Å². The van der Waals surface area contributed by atoms with E-state index in [1.807, 2.05) is 0 Å². The Hall–Kier alpha value is -0.748. The summed E-state index contributed by atoms with van der Waals surface area (Å²) < 4.78 is 2.59. The first-order valence-electron chi connectivity index (χ1n) is 7.35. The molecule has 3 rings (SSSR count). The zero-order valence-electron chi connectivity index (χ0n) is 11.9. The maximum absolute atomic E-state index is 2.85. The molecule has 1 aromatic carbocycles. The van der Waals surface area contributed by atoms with Crippen molar-refractivity contribution in [1.29, 1.82) is 0 Å². The Labute approximate surface area is 123 Å². The number of nitrogens with zero attached hydrogens (tertiary/aromatic N) is 1. The van der Waals surface area contributed by atoms with Gasteiger partial charge in [-0.15, -0.1) is 5.28 Å². The number of fused-ring (bicyclic) bond motifs is 3. The number of aryl methyl sites for hydroxylation is 2. The van der Waals surface area contributed by atoms with E-state index in [1.54, 1.807) is 11.3 Å². The van der Waals surface area contributed by atoms with Crippen LogP contribution in [0.3, 0.4) is 0 Å². The molecule has 98 valence electrons. The Morgan fingerprint density at radius 1 is 1.42 bits per heavy atom. The number of quaternary nitrogens is 1. The van der Waals surface area contributed by atoms with Crippen molar-refractivity contribution in [2.75, 3.05) is 6.54 Å². The van der Waals surface area contributed by atoms with Crippen molar-refractivity contribution < 1.29 is 5.32 Å². The molecule has 0 amide bonds. The van der Waals surface area contributed by atoms with Crippen LogP contribution in [0.5, 0.6) is 0 Å². The summed E-state index contributed by atoms with van der Waals surface area (Å²) in [6, 6.07) is 6.94. The van der Waals surface area contributed by atoms with Gasteiger partial charge in [-0.2, -0.15) is 0 Å². The zero-order valence-corrected chi connectivity index (χ0v) is 13.1. The number of hydrogen-bond acceptors (Lipinski definition) is 0. The summed E-state index contributed by atoms with van der Waals surface area (Å²) in [5.41, 5.74) is 6.00. The van der Waals surface area contributed by atoms with E-state index in [0.717, 1.165) is 13.1 Å². The molecule has 2 nitrogen and oxygen atoms in total. The number of nitrogens with two attached hydrogens (primary N) is 1. The lowest BCUT2D eigenvalue weighted by Crippen LogP contribution is -2.85. The first-order chi connectivity index (χ1) is 9.22. The summed E-state index contributed by atoms with van der Waals surface area (Å²) >= 11 is 2.85. The molecule has 19 heavy (non-hydrogen) atoms. The topological polar surface area (TPSA) is 21.5 Å². The molecule has 0 spiro atoms. The monoisotopic (exact) mass is 269 g/mol. The van der Waals surface area contributed by atoms with Crippen LogP contribution < -0.4 is 5.32 Å². The third-order valence-electron chi connectivity index (χ3n) is 4.29. The third kappa shape index (κ3) is 2.25. The highest BCUT2D eigenvalue weighted by Crippen LogP contribution is 2.33. The van der Waals surface area contributed by atoms with E-state index < -0.39 is 0 Å². The molecule has 0 fully saturated rings. The van der Waals surface area contributed by atoms with Gasteiger partial charge in [0.2, 0.25) is 0 Å². The fourth-order valence-corrected chi connectivity index (χ4v) is 3.60. The highest BCUT2D eigenvalue weighted by molar-refractivity contribution is 6.08. The van der Waals surface area contributed by atoms with Crippen LogP contribution in [0.25, 0.3) is 10.9 Å². The van der Waals surface area contributed by atoms with Gasteiger partial charge in [0.1, 0.15) is 22.8 Å². The van der Waals surface area contributed by atoms with Crippen molar-refractivity contribution in [3.05, 3.63) is 35.0 Å². The first kappa shape index (κ1) is 13.2. The summed E-state index contributed by atoms with van der Waals surface area (Å²) in [6.45, 7) is 8.10. The number of hydrogen-bond donors (Lipinski definition) is 1. The van der Waals surface area contributed by atoms with Gasteiger partial charge in [-0.3, -0.25) is 0 Å². The summed E-state index contributed by atoms with van der Waals surface area (Å²) in [6.07, 6.45) is 1.24. The van der Waals surface area contributed by atoms with Gasteiger partial charge in [-0.1, -0.05) is 18.6 Å². The minimum Gasteiger partial charge on any atom is -0.344 e. The molecule has 0 saturated carbocycles. The maximum Gasteiger partial charge on any atom is 0.118 e. The van der Waals surface area contributed by atoms with E-state index in [2.05, 4.69) is 58.2 Å². The molecule has 0 bridgehead atoms. The number of aromatic nitrogens is 1. The summed E-state index contributed by atoms with van der Waals surface area (Å²) in [7, 11) is 0. The molecule has 0 aliphatic carbocycles. The maximum atomic E-state index is 2.85. The van der Waals surface area contributed by atoms with Crippen molar-refractivity contribution in [2.24, 2.45) is 0 Å². The van der Waals surface area contributed by atoms with E-state index in [4.69, 9.17) is 0 Å². The Bertz CT molecular complexity index is 600. The van der Waals surface area contributed by atoms with Gasteiger partial charge in [-0.25, -0.2) is 0 Å². The molecule has 1 atom stereocenters. The predicted octanol–water partition coefficient (Wildman–Crippen LogP) is 2.11. The molecule has 3 heteroatoms. The first-order valence-corrected chi connectivity index (χ1v) is 8.17. The van der Waals surface area contributed by atoms with Crippen molar-refractivity contribution in [1.82, 2.24) is 4.57 Å². The third-order valence-corrected chi connectivity index (χ3v) is 4.70. The normalized spacial score (nSPS) is 18.7. The Kier molecular flexibility index (Phi) is 3.71. The van der Waals surface area contributed by atoms with Crippen LogP contribution in [0.1, 0.15) is 36.1 Å². The molecule has 1 unspecified atom stereocenters. The Morgan fingerprint density at radius 2 is 2.26 bits per heavy atom. The minimum atomic E-state index is 0.668. The molecular formula is C16H22AlN2+. The van der Waals surface area contributed by atoms with E-state index >= 15 is 0 Å². The van der Waals surface area contributed by atoms with E-state index in [0.29, 0.717) is 5.92 Å². The van der Waals surface area contributed by atoms with E-state index in [-0.39, 0.29) is 0 Å². The average Bonchev–Trinajstić information content (AvgIpc) is 2.71. The second-order valence-corrected chi connectivity index (χ2v) is 6.39. The molecule has 1 aromatic heterocycles. The Morgan fingerprint density at radius 3 is 3.05 bits per heavy atom. The van der Waals surface area contributed by atoms with E-state index in [9.17, 15) is 0 Å². The van der Waals surface area contributed by atoms with Crippen LogP contribution >= 0.6 is 0 Å². The Balaban J connectivity index is 2.23. The summed E-state index contributed by atoms with van der Waals surface area (Å²) in [4.78, 5) is 0. The van der Waals surface area contributed by atoms with Gasteiger partial charge in [0.15, 0.2) is 0 Å². The van der Waals surface area contributed by atoms with Crippen molar-refractivity contribution >= 4 is 27.2 Å². The van der Waals surface area contributed by atoms with Gasteiger partial charge in [-0.05, 0) is 25.5 Å². The molecule has 2 heterocycles. The largest absolute Gasteiger partial charge is 0.344 e. The fraction of sp³-hybridized carbons (Fsp3) is 0.500. The summed E-state index contributed by atoms with van der Waals surface area (Å²) in [5.74, 6) is 0.668. The van der Waals surface area contributed by atoms with Gasteiger partial charge in [0.25, 0.3) is 0 Å². The van der Waals surface area contributed by atoms with Crippen LogP contribution in [-0.4, -0.2) is 27.4 Å². The van der Waals surface area contributed by atoms with Crippen LogP contribution in [0.4, 0.5) is 0 Å². The number of benzene rings is 1. The lowest BCUT2D eigenvalue weighted by Gasteiger charge is -2.21. The zero-order chi connectivity index (χ0) is 13.4. The quantitative estimate of drug-likeness (QED) is 0.824. The minimum absolute atomic E-state index is 0.668. The standard InChI is InChI=1S/C16H21N2.Al/c1-4-7-18-15-6-5-11(2)8-13(15)14-10-17-9-12(3)16(14)18;/h5-6,8,12,17H,1,4,7,9-10H2,2-3H3;/p+1. The second-order valence-electron chi connectivity index (χ2n) is 5.81. The molecule has 2 aromatic rings. The SMILES string of the molecule is Cc1ccc2c(c1)c1c(n2CC[CH2][Al])C(C)C[NH2+]C1. The predicted molar refractivity (Wildman–Crippen MR) is 80.8 cm³/mol. The second kappa shape index (κ2) is 5.33. The van der Waals surface area contributed by atoms with Gasteiger partial charge < -0.3 is 9.88 Å². The smallest absolute Gasteiger partial charge is 0.118 e. The van der Waals surface area contributed by atoms with Gasteiger partial charge in [0.05, 0.1) is 6.54 Å². The summed E-state index contributed by atoms with van der Waals surface area (Å²) in [5, 5.41) is 5.12. The average molecular weight is 269 g/mol. The number of rotatable bonds is 3. The molecule has 0 saturated heterocycles. The molecule has 2 radical (unpaired) electrons. The lowest BCUT2D eigenvalue weighted by molar-refractivity contribution is -0.676. The molecule has 1 aliphatic rings. The van der Waals surface area contributed by atoms with Crippen LogP contribution in [0, 0.1) is 6.92 Å². The van der Waals surface area contributed by atoms with Crippen molar-refractivity contribution in [2.45, 2.75) is 44.6 Å². The molecule has 1 aliphatic heterocycles. The van der Waals surface area contributed by atoms with Crippen LogP contribution in [-0.2, 0) is 13.1 Å². The fourth-order valence-electron chi connectivity index (χ4n) is 3.42. The van der Waals surface area contributed by atoms with Crippen molar-refractivity contribution in [3.8, 4) is 0 Å². The van der Waals surface area contributed by atoms with Crippen LogP contribution in [0.15, 0.2) is 18.2 Å². The van der Waals surface area contributed by atoms with Crippen LogP contribution in [0.2, 0.25) is 5.28 Å². The van der Waals surface area contributed by atoms with Gasteiger partial charge >= 0.3 is 0 Å².